The van der Waals surface area contributed by atoms with Crippen LogP contribution in [0.15, 0.2) is 36.4 Å². The van der Waals surface area contributed by atoms with Gasteiger partial charge in [-0.2, -0.15) is 0 Å². The molecule has 34 heavy (non-hydrogen) atoms. The highest BCUT2D eigenvalue weighted by Gasteiger charge is 2.48. The molecule has 1 unspecified atom stereocenters. The zero-order valence-electron chi connectivity index (χ0n) is 18.3. The zero-order chi connectivity index (χ0) is 24.6. The smallest absolute Gasteiger partial charge is 0.252 e. The predicted octanol–water partition coefficient (Wildman–Crippen LogP) is 3.47. The van der Waals surface area contributed by atoms with Crippen molar-refractivity contribution < 1.29 is 31.1 Å². The first-order valence-electron chi connectivity index (χ1n) is 10.9. The predicted molar refractivity (Wildman–Crippen MR) is 122 cm³/mol. The molecule has 4 atom stereocenters. The maximum Gasteiger partial charge on any atom is 0.252 e. The molecule has 0 aromatic heterocycles. The van der Waals surface area contributed by atoms with Crippen LogP contribution in [0, 0.1) is 11.6 Å². The first kappa shape index (κ1) is 25.0. The third-order valence-corrected chi connectivity index (χ3v) is 7.82. The Labute approximate surface area is 201 Å². The van der Waals surface area contributed by atoms with E-state index in [4.69, 9.17) is 16.3 Å². The van der Waals surface area contributed by atoms with Crippen LogP contribution in [0.1, 0.15) is 18.9 Å². The van der Waals surface area contributed by atoms with Gasteiger partial charge in [0.05, 0.1) is 31.0 Å². The number of carbonyl (C=O) groups is 1. The van der Waals surface area contributed by atoms with Crippen molar-refractivity contribution >= 4 is 27.5 Å². The maximum atomic E-state index is 15.5. The Bertz CT molecular complexity index is 1170. The minimum absolute atomic E-state index is 0.0830. The first-order chi connectivity index (χ1) is 16.1. The van der Waals surface area contributed by atoms with Gasteiger partial charge in [-0.05, 0) is 42.7 Å². The lowest BCUT2D eigenvalue weighted by atomic mass is 9.95. The summed E-state index contributed by atoms with van der Waals surface area (Å²) in [6.07, 6.45) is -2.07. The fraction of sp³-hybridized carbons (Fsp3) is 0.435. The van der Waals surface area contributed by atoms with Crippen molar-refractivity contribution in [3.8, 4) is 11.1 Å². The average molecular weight is 517 g/mol. The van der Waals surface area contributed by atoms with Crippen molar-refractivity contribution in [1.82, 2.24) is 9.62 Å². The maximum absolute atomic E-state index is 15.5. The molecule has 184 valence electrons. The van der Waals surface area contributed by atoms with E-state index in [9.17, 15) is 17.6 Å². The summed E-state index contributed by atoms with van der Waals surface area (Å²) in [4.78, 5) is 14.1. The monoisotopic (exact) mass is 516 g/mol. The van der Waals surface area contributed by atoms with Gasteiger partial charge >= 0.3 is 0 Å². The second-order valence-corrected chi connectivity index (χ2v) is 10.9. The Hall–Kier alpha value is -2.14. The third kappa shape index (κ3) is 5.10. The van der Waals surface area contributed by atoms with E-state index in [-0.39, 0.29) is 40.4 Å². The number of nitrogens with zero attached hydrogens (tertiary/aromatic N) is 1. The fourth-order valence-corrected chi connectivity index (χ4v) is 5.42. The summed E-state index contributed by atoms with van der Waals surface area (Å²) in [6.45, 7) is 1.49. The summed E-state index contributed by atoms with van der Waals surface area (Å²) in [5, 5.41) is 0.0992. The van der Waals surface area contributed by atoms with Gasteiger partial charge in [0.15, 0.2) is 0 Å². The van der Waals surface area contributed by atoms with E-state index >= 15 is 8.78 Å². The van der Waals surface area contributed by atoms with Crippen LogP contribution in [0.25, 0.3) is 11.1 Å². The number of amides is 1. The summed E-state index contributed by atoms with van der Waals surface area (Å²) in [5.74, 6) is -2.04. The van der Waals surface area contributed by atoms with Gasteiger partial charge in [-0.1, -0.05) is 29.8 Å². The number of hydrogen-bond donors (Lipinski definition) is 1. The van der Waals surface area contributed by atoms with Crippen LogP contribution in [0.3, 0.4) is 0 Å². The minimum Gasteiger partial charge on any atom is -0.368 e. The molecular formula is C23H24ClF3N2O4S. The largest absolute Gasteiger partial charge is 0.368 e. The van der Waals surface area contributed by atoms with E-state index in [1.807, 2.05) is 0 Å². The Morgan fingerprint density at radius 2 is 2.00 bits per heavy atom. The van der Waals surface area contributed by atoms with E-state index in [0.717, 1.165) is 12.1 Å². The highest BCUT2D eigenvalue weighted by molar-refractivity contribution is 7.89. The summed E-state index contributed by atoms with van der Waals surface area (Å²) in [7, 11) is -3.80. The number of benzene rings is 2. The second-order valence-electron chi connectivity index (χ2n) is 8.41. The number of sulfonamides is 1. The molecule has 0 spiro atoms. The van der Waals surface area contributed by atoms with Gasteiger partial charge in [-0.3, -0.25) is 4.79 Å². The van der Waals surface area contributed by atoms with Gasteiger partial charge in [0.25, 0.3) is 5.91 Å². The van der Waals surface area contributed by atoms with Gasteiger partial charge in [0.2, 0.25) is 10.0 Å². The fourth-order valence-electron chi connectivity index (χ4n) is 4.32. The molecule has 4 rings (SSSR count). The topological polar surface area (TPSA) is 75.7 Å². The second kappa shape index (κ2) is 9.85. The molecule has 1 amide bonds. The van der Waals surface area contributed by atoms with Gasteiger partial charge in [0, 0.05) is 17.0 Å². The average Bonchev–Trinajstić information content (AvgIpc) is 3.02. The SMILES string of the molecule is CCS(=O)(=O)N[C@H]1[C@@H](F)CN(C(=O)C2CCO2)[C@H]1Cc1cccc(-c2cc(F)cc(Cl)c2)c1F. The third-order valence-electron chi connectivity index (χ3n) is 6.21. The van der Waals surface area contributed by atoms with E-state index in [2.05, 4.69) is 4.72 Å². The lowest BCUT2D eigenvalue weighted by molar-refractivity contribution is -0.157. The number of halogens is 4. The first-order valence-corrected chi connectivity index (χ1v) is 12.9. The van der Waals surface area contributed by atoms with Gasteiger partial charge in [0.1, 0.15) is 23.9 Å². The molecule has 2 heterocycles. The molecule has 6 nitrogen and oxygen atoms in total. The quantitative estimate of drug-likeness (QED) is 0.611. The molecule has 2 aromatic rings. The number of nitrogens with one attached hydrogen (secondary N) is 1. The summed E-state index contributed by atoms with van der Waals surface area (Å²) >= 11 is 5.92. The van der Waals surface area contributed by atoms with Crippen LogP contribution in [-0.2, 0) is 26.0 Å². The number of carbonyl (C=O) groups excluding carboxylic acids is 1. The summed E-state index contributed by atoms with van der Waals surface area (Å²) in [5.41, 5.74) is 0.433. The van der Waals surface area contributed by atoms with Crippen LogP contribution in [0.5, 0.6) is 0 Å². The number of rotatable bonds is 7. The highest BCUT2D eigenvalue weighted by Crippen LogP contribution is 2.32. The molecule has 0 saturated carbocycles. The molecule has 0 radical (unpaired) electrons. The lowest BCUT2D eigenvalue weighted by Gasteiger charge is -2.34. The van der Waals surface area contributed by atoms with Crippen LogP contribution in [0.4, 0.5) is 13.2 Å². The Morgan fingerprint density at radius 1 is 1.26 bits per heavy atom. The minimum atomic E-state index is -3.80. The van der Waals surface area contributed by atoms with Gasteiger partial charge < -0.3 is 9.64 Å². The Morgan fingerprint density at radius 3 is 2.62 bits per heavy atom. The molecule has 11 heteroatoms. The number of ether oxygens (including phenoxy) is 1. The zero-order valence-corrected chi connectivity index (χ0v) is 19.9. The van der Waals surface area contributed by atoms with Crippen LogP contribution < -0.4 is 4.72 Å². The van der Waals surface area contributed by atoms with Crippen molar-refractivity contribution in [1.29, 1.82) is 0 Å². The van der Waals surface area contributed by atoms with Gasteiger partial charge in [-0.15, -0.1) is 0 Å². The molecular weight excluding hydrogens is 493 g/mol. The van der Waals surface area contributed by atoms with Crippen molar-refractivity contribution in [2.75, 3.05) is 18.9 Å². The van der Waals surface area contributed by atoms with Crippen LogP contribution in [0.2, 0.25) is 5.02 Å². The summed E-state index contributed by atoms with van der Waals surface area (Å²) < 4.78 is 76.4. The van der Waals surface area contributed by atoms with Crippen molar-refractivity contribution in [3.63, 3.8) is 0 Å². The van der Waals surface area contributed by atoms with Crippen molar-refractivity contribution in [2.24, 2.45) is 0 Å². The van der Waals surface area contributed by atoms with Crippen LogP contribution in [-0.4, -0.2) is 62.5 Å². The Balaban J connectivity index is 1.69. The van der Waals surface area contributed by atoms with Crippen molar-refractivity contribution in [2.45, 2.75) is 44.1 Å². The van der Waals surface area contributed by atoms with E-state index in [0.29, 0.717) is 13.0 Å². The molecule has 2 aliphatic heterocycles. The molecule has 0 aliphatic carbocycles. The molecule has 2 aliphatic rings. The van der Waals surface area contributed by atoms with E-state index in [1.54, 1.807) is 6.07 Å². The summed E-state index contributed by atoms with van der Waals surface area (Å²) in [6, 6.07) is 5.92. The standard InChI is InChI=1S/C23H24ClF3N2O4S/c1-2-34(31,32)28-22-18(26)12-29(23(30)20-6-7-33-20)19(22)10-13-4-3-5-17(21(13)27)14-8-15(24)11-16(25)9-14/h3-5,8-9,11,18-20,22,28H,2,6-7,10,12H2,1H3/t18-,19-,20?,22-/m0/s1. The highest BCUT2D eigenvalue weighted by atomic mass is 35.5. The number of hydrogen-bond acceptors (Lipinski definition) is 4. The number of likely N-dealkylation sites (tertiary alicyclic amines) is 1. The van der Waals surface area contributed by atoms with E-state index in [1.165, 1.54) is 30.0 Å². The number of alkyl halides is 1. The van der Waals surface area contributed by atoms with Crippen LogP contribution >= 0.6 is 11.6 Å². The molecule has 2 saturated heterocycles. The normalized spacial score (nSPS) is 24.8. The van der Waals surface area contributed by atoms with Crippen molar-refractivity contribution in [3.05, 3.63) is 58.6 Å². The Kier molecular flexibility index (Phi) is 7.23. The molecule has 0 bridgehead atoms. The van der Waals surface area contributed by atoms with E-state index < -0.39 is 51.9 Å². The molecule has 2 aromatic carbocycles. The van der Waals surface area contributed by atoms with Gasteiger partial charge in [-0.25, -0.2) is 26.3 Å². The lowest BCUT2D eigenvalue weighted by Crippen LogP contribution is -2.53. The molecule has 1 N–H and O–H groups in total. The molecule has 2 fully saturated rings.